The number of aromatic nitrogens is 2. The standard InChI is InChI=1S/C12H20ClN3O/c1-8(2)11-15-10(13)9(3)12(16-11)14-6-4-5-7-17/h8,17H,4-7H2,1-3H3,(H,14,15,16). The van der Waals surface area contributed by atoms with Crippen LogP contribution in [0.2, 0.25) is 5.15 Å². The van der Waals surface area contributed by atoms with Gasteiger partial charge >= 0.3 is 0 Å². The van der Waals surface area contributed by atoms with Gasteiger partial charge in [0.15, 0.2) is 0 Å². The largest absolute Gasteiger partial charge is 0.396 e. The minimum Gasteiger partial charge on any atom is -0.396 e. The second-order valence-electron chi connectivity index (χ2n) is 4.36. The van der Waals surface area contributed by atoms with Gasteiger partial charge < -0.3 is 10.4 Å². The Morgan fingerprint density at radius 2 is 2.00 bits per heavy atom. The summed E-state index contributed by atoms with van der Waals surface area (Å²) < 4.78 is 0. The molecule has 0 aliphatic heterocycles. The van der Waals surface area contributed by atoms with Gasteiger partial charge in [0.05, 0.1) is 0 Å². The Hall–Kier alpha value is -0.870. The van der Waals surface area contributed by atoms with E-state index in [0.717, 1.165) is 36.6 Å². The summed E-state index contributed by atoms with van der Waals surface area (Å²) in [6.07, 6.45) is 1.70. The molecule has 0 atom stereocenters. The third-order valence-electron chi connectivity index (χ3n) is 2.50. The van der Waals surface area contributed by atoms with Gasteiger partial charge in [-0.05, 0) is 19.8 Å². The summed E-state index contributed by atoms with van der Waals surface area (Å²) in [7, 11) is 0. The van der Waals surface area contributed by atoms with Crippen LogP contribution in [0.3, 0.4) is 0 Å². The fourth-order valence-electron chi connectivity index (χ4n) is 1.38. The molecule has 0 saturated heterocycles. The van der Waals surface area contributed by atoms with Crippen molar-refractivity contribution in [2.45, 2.75) is 39.5 Å². The summed E-state index contributed by atoms with van der Waals surface area (Å²) in [5.41, 5.74) is 0.875. The van der Waals surface area contributed by atoms with Crippen LogP contribution in [-0.4, -0.2) is 28.2 Å². The molecule has 0 amide bonds. The fraction of sp³-hybridized carbons (Fsp3) is 0.667. The average Bonchev–Trinajstić information content (AvgIpc) is 2.29. The van der Waals surface area contributed by atoms with Crippen LogP contribution in [0.5, 0.6) is 0 Å². The summed E-state index contributed by atoms with van der Waals surface area (Å²) >= 11 is 6.07. The maximum absolute atomic E-state index is 8.70. The van der Waals surface area contributed by atoms with Crippen LogP contribution >= 0.6 is 11.6 Å². The Morgan fingerprint density at radius 3 is 2.59 bits per heavy atom. The molecule has 0 spiro atoms. The van der Waals surface area contributed by atoms with Crippen molar-refractivity contribution in [1.82, 2.24) is 9.97 Å². The molecule has 0 radical (unpaired) electrons. The normalized spacial score (nSPS) is 10.9. The second-order valence-corrected chi connectivity index (χ2v) is 4.72. The molecule has 0 saturated carbocycles. The molecule has 0 aromatic carbocycles. The van der Waals surface area contributed by atoms with Gasteiger partial charge in [0.25, 0.3) is 0 Å². The van der Waals surface area contributed by atoms with Crippen LogP contribution in [0.15, 0.2) is 0 Å². The molecule has 0 unspecified atom stereocenters. The third-order valence-corrected chi connectivity index (χ3v) is 2.87. The molecular weight excluding hydrogens is 238 g/mol. The van der Waals surface area contributed by atoms with Gasteiger partial charge in [-0.1, -0.05) is 25.4 Å². The molecule has 1 rings (SSSR count). The molecule has 1 aromatic rings. The molecule has 1 heterocycles. The highest BCUT2D eigenvalue weighted by Gasteiger charge is 2.11. The number of hydrogen-bond acceptors (Lipinski definition) is 4. The van der Waals surface area contributed by atoms with Gasteiger partial charge in [-0.15, -0.1) is 0 Å². The smallest absolute Gasteiger partial charge is 0.137 e. The molecule has 0 aliphatic carbocycles. The highest BCUT2D eigenvalue weighted by molar-refractivity contribution is 6.30. The van der Waals surface area contributed by atoms with Crippen LogP contribution in [0.4, 0.5) is 5.82 Å². The van der Waals surface area contributed by atoms with Crippen molar-refractivity contribution in [3.05, 3.63) is 16.5 Å². The Labute approximate surface area is 107 Å². The second kappa shape index (κ2) is 6.77. The SMILES string of the molecule is Cc1c(Cl)nc(C(C)C)nc1NCCCCO. The Bertz CT molecular complexity index is 369. The van der Waals surface area contributed by atoms with Gasteiger partial charge in [0.2, 0.25) is 0 Å². The van der Waals surface area contributed by atoms with Crippen molar-refractivity contribution in [3.8, 4) is 0 Å². The number of aliphatic hydroxyl groups is 1. The molecule has 4 nitrogen and oxygen atoms in total. The molecule has 0 aliphatic rings. The maximum atomic E-state index is 8.70. The number of hydrogen-bond donors (Lipinski definition) is 2. The van der Waals surface area contributed by atoms with E-state index in [-0.39, 0.29) is 12.5 Å². The first-order valence-electron chi connectivity index (χ1n) is 5.95. The lowest BCUT2D eigenvalue weighted by Crippen LogP contribution is -2.09. The van der Waals surface area contributed by atoms with Crippen LogP contribution < -0.4 is 5.32 Å². The zero-order valence-corrected chi connectivity index (χ0v) is 11.4. The first-order valence-corrected chi connectivity index (χ1v) is 6.32. The van der Waals surface area contributed by atoms with E-state index in [4.69, 9.17) is 16.7 Å². The quantitative estimate of drug-likeness (QED) is 0.608. The van der Waals surface area contributed by atoms with Crippen molar-refractivity contribution in [3.63, 3.8) is 0 Å². The zero-order valence-electron chi connectivity index (χ0n) is 10.6. The number of unbranched alkanes of at least 4 members (excludes halogenated alkanes) is 1. The lowest BCUT2D eigenvalue weighted by molar-refractivity contribution is 0.286. The predicted octanol–water partition coefficient (Wildman–Crippen LogP) is 2.75. The van der Waals surface area contributed by atoms with E-state index in [9.17, 15) is 0 Å². The minimum atomic E-state index is 0.225. The number of nitrogens with one attached hydrogen (secondary N) is 1. The molecule has 0 fully saturated rings. The first-order chi connectivity index (χ1) is 8.06. The van der Waals surface area contributed by atoms with E-state index in [2.05, 4.69) is 15.3 Å². The van der Waals surface area contributed by atoms with Crippen molar-refractivity contribution in [2.24, 2.45) is 0 Å². The average molecular weight is 258 g/mol. The van der Waals surface area contributed by atoms with Crippen LogP contribution in [0.25, 0.3) is 0 Å². The van der Waals surface area contributed by atoms with Crippen molar-refractivity contribution < 1.29 is 5.11 Å². The van der Waals surface area contributed by atoms with E-state index >= 15 is 0 Å². The molecule has 0 bridgehead atoms. The van der Waals surface area contributed by atoms with E-state index in [1.165, 1.54) is 0 Å². The van der Waals surface area contributed by atoms with Crippen LogP contribution in [0, 0.1) is 6.92 Å². The van der Waals surface area contributed by atoms with Crippen molar-refractivity contribution in [2.75, 3.05) is 18.5 Å². The first kappa shape index (κ1) is 14.2. The van der Waals surface area contributed by atoms with Crippen LogP contribution in [0.1, 0.15) is 44.0 Å². The molecule has 96 valence electrons. The Kier molecular flexibility index (Phi) is 5.65. The Morgan fingerprint density at radius 1 is 1.29 bits per heavy atom. The maximum Gasteiger partial charge on any atom is 0.137 e. The van der Waals surface area contributed by atoms with Gasteiger partial charge in [-0.25, -0.2) is 9.97 Å². The van der Waals surface area contributed by atoms with Gasteiger partial charge in [0.1, 0.15) is 16.8 Å². The molecular formula is C12H20ClN3O. The number of halogens is 1. The summed E-state index contributed by atoms with van der Waals surface area (Å²) in [4.78, 5) is 8.71. The number of nitrogens with zero attached hydrogens (tertiary/aromatic N) is 2. The van der Waals surface area contributed by atoms with Crippen molar-refractivity contribution in [1.29, 1.82) is 0 Å². The van der Waals surface area contributed by atoms with Gasteiger partial charge in [-0.2, -0.15) is 0 Å². The number of rotatable bonds is 6. The van der Waals surface area contributed by atoms with Gasteiger partial charge in [0, 0.05) is 24.6 Å². The van der Waals surface area contributed by atoms with Gasteiger partial charge in [-0.3, -0.25) is 0 Å². The lowest BCUT2D eigenvalue weighted by Gasteiger charge is -2.12. The van der Waals surface area contributed by atoms with Crippen molar-refractivity contribution >= 4 is 17.4 Å². The number of aliphatic hydroxyl groups excluding tert-OH is 1. The summed E-state index contributed by atoms with van der Waals surface area (Å²) in [6.45, 7) is 6.99. The minimum absolute atomic E-state index is 0.225. The summed E-state index contributed by atoms with van der Waals surface area (Å²) in [6, 6.07) is 0. The number of anilines is 1. The Balaban J connectivity index is 2.75. The lowest BCUT2D eigenvalue weighted by atomic mass is 10.2. The fourth-order valence-corrected chi connectivity index (χ4v) is 1.56. The van der Waals surface area contributed by atoms with E-state index < -0.39 is 0 Å². The van der Waals surface area contributed by atoms with Crippen LogP contribution in [-0.2, 0) is 0 Å². The van der Waals surface area contributed by atoms with E-state index in [0.29, 0.717) is 5.15 Å². The predicted molar refractivity (Wildman–Crippen MR) is 70.7 cm³/mol. The third kappa shape index (κ3) is 4.13. The van der Waals surface area contributed by atoms with E-state index in [1.54, 1.807) is 0 Å². The topological polar surface area (TPSA) is 58.0 Å². The summed E-state index contributed by atoms with van der Waals surface area (Å²) in [5.74, 6) is 1.81. The highest BCUT2D eigenvalue weighted by atomic mass is 35.5. The zero-order chi connectivity index (χ0) is 12.8. The highest BCUT2D eigenvalue weighted by Crippen LogP contribution is 2.22. The molecule has 1 aromatic heterocycles. The molecule has 2 N–H and O–H groups in total. The van der Waals surface area contributed by atoms with E-state index in [1.807, 2.05) is 20.8 Å². The molecule has 5 heteroatoms. The monoisotopic (exact) mass is 257 g/mol. The summed E-state index contributed by atoms with van der Waals surface area (Å²) in [5, 5.41) is 12.4. The molecule has 17 heavy (non-hydrogen) atoms.